The molecule has 3 aromatic rings. The minimum absolute atomic E-state index is 0.0536. The summed E-state index contributed by atoms with van der Waals surface area (Å²) in [6.45, 7) is 13.1. The molecule has 3 rings (SSSR count). The summed E-state index contributed by atoms with van der Waals surface area (Å²) in [5, 5.41) is 17.1. The molecule has 8 heteroatoms. The normalized spacial score (nSPS) is 12.6. The first-order valence-electron chi connectivity index (χ1n) is 15.3. The van der Waals surface area contributed by atoms with Gasteiger partial charge in [-0.2, -0.15) is 0 Å². The van der Waals surface area contributed by atoms with Crippen molar-refractivity contribution >= 4 is 23.6 Å². The molecule has 3 aromatic carbocycles. The average molecular weight is 602 g/mol. The topological polar surface area (TPSA) is 108 Å². The van der Waals surface area contributed by atoms with Crippen LogP contribution in [0.2, 0.25) is 0 Å². The van der Waals surface area contributed by atoms with Gasteiger partial charge in [0.25, 0.3) is 5.91 Å². The van der Waals surface area contributed by atoms with Crippen LogP contribution in [0.5, 0.6) is 5.75 Å². The van der Waals surface area contributed by atoms with Crippen LogP contribution >= 0.6 is 0 Å². The third kappa shape index (κ3) is 9.33. The van der Waals surface area contributed by atoms with Crippen LogP contribution in [0, 0.1) is 20.8 Å². The monoisotopic (exact) mass is 601 g/mol. The van der Waals surface area contributed by atoms with Crippen molar-refractivity contribution in [3.8, 4) is 5.75 Å². The van der Waals surface area contributed by atoms with E-state index in [1.54, 1.807) is 45.9 Å². The van der Waals surface area contributed by atoms with Crippen molar-refractivity contribution < 1.29 is 24.2 Å². The van der Waals surface area contributed by atoms with Gasteiger partial charge < -0.3 is 25.4 Å². The Balaban J connectivity index is 2.14. The van der Waals surface area contributed by atoms with Crippen molar-refractivity contribution in [3.05, 3.63) is 94.5 Å². The molecule has 2 unspecified atom stereocenters. The number of para-hydroxylation sites is 2. The van der Waals surface area contributed by atoms with E-state index in [0.717, 1.165) is 29.5 Å². The van der Waals surface area contributed by atoms with Gasteiger partial charge in [-0.05, 0) is 70.2 Å². The molecule has 0 aromatic heterocycles. The number of alkyl carbamates (subject to hydrolysis) is 1. The average Bonchev–Trinajstić information content (AvgIpc) is 2.95. The van der Waals surface area contributed by atoms with Gasteiger partial charge in [-0.25, -0.2) is 4.79 Å². The molecule has 0 fully saturated rings. The van der Waals surface area contributed by atoms with Crippen LogP contribution in [0.25, 0.3) is 0 Å². The minimum Gasteiger partial charge on any atom is -0.507 e. The fourth-order valence-corrected chi connectivity index (χ4v) is 5.15. The Morgan fingerprint density at radius 1 is 0.864 bits per heavy atom. The highest BCUT2D eigenvalue weighted by atomic mass is 16.6. The van der Waals surface area contributed by atoms with Crippen LogP contribution in [0.1, 0.15) is 80.8 Å². The third-order valence-corrected chi connectivity index (χ3v) is 7.41. The number of aromatic hydroxyl groups is 1. The number of unbranched alkanes of at least 4 members (excludes halogenated alkanes) is 2. The number of aryl methyl sites for hydroxylation is 3. The lowest BCUT2D eigenvalue weighted by molar-refractivity contribution is -0.141. The molecule has 0 heterocycles. The number of hydrogen-bond acceptors (Lipinski definition) is 5. The number of carbonyl (C=O) groups is 3. The highest BCUT2D eigenvalue weighted by molar-refractivity contribution is 6.00. The van der Waals surface area contributed by atoms with Crippen LogP contribution in [-0.4, -0.2) is 46.1 Å². The van der Waals surface area contributed by atoms with Crippen LogP contribution in [0.15, 0.2) is 66.7 Å². The summed E-state index contributed by atoms with van der Waals surface area (Å²) >= 11 is 0. The molecule has 0 spiro atoms. The summed E-state index contributed by atoms with van der Waals surface area (Å²) in [5.74, 6) is -0.954. The SMILES string of the molecule is CCCCCN(C(=O)C(Cc1ccccc1)NC(=O)OC(C)(C)C)C(C(=O)Nc1c(C)cccc1C)c1cccc(C)c1O. The molecule has 44 heavy (non-hydrogen) atoms. The lowest BCUT2D eigenvalue weighted by Gasteiger charge is -2.35. The largest absolute Gasteiger partial charge is 0.507 e. The van der Waals surface area contributed by atoms with Crippen molar-refractivity contribution in [3.63, 3.8) is 0 Å². The maximum absolute atomic E-state index is 14.6. The number of hydrogen-bond donors (Lipinski definition) is 3. The van der Waals surface area contributed by atoms with Crippen molar-refractivity contribution in [1.82, 2.24) is 10.2 Å². The van der Waals surface area contributed by atoms with Crippen LogP contribution in [-0.2, 0) is 20.7 Å². The van der Waals surface area contributed by atoms with E-state index in [1.165, 1.54) is 4.90 Å². The summed E-state index contributed by atoms with van der Waals surface area (Å²) in [5.41, 5.74) is 3.38. The molecule has 0 bridgehead atoms. The van der Waals surface area contributed by atoms with Gasteiger partial charge in [0.15, 0.2) is 0 Å². The molecule has 0 aliphatic rings. The minimum atomic E-state index is -1.17. The zero-order valence-corrected chi connectivity index (χ0v) is 27.1. The molecular weight excluding hydrogens is 554 g/mol. The van der Waals surface area contributed by atoms with E-state index in [0.29, 0.717) is 23.2 Å². The van der Waals surface area contributed by atoms with E-state index in [-0.39, 0.29) is 18.7 Å². The number of anilines is 1. The predicted molar refractivity (Wildman–Crippen MR) is 175 cm³/mol. The van der Waals surface area contributed by atoms with Gasteiger partial charge in [-0.3, -0.25) is 9.59 Å². The van der Waals surface area contributed by atoms with E-state index in [9.17, 15) is 19.5 Å². The fourth-order valence-electron chi connectivity index (χ4n) is 5.15. The quantitative estimate of drug-likeness (QED) is 0.191. The van der Waals surface area contributed by atoms with E-state index in [4.69, 9.17) is 4.74 Å². The number of nitrogens with zero attached hydrogens (tertiary/aromatic N) is 1. The van der Waals surface area contributed by atoms with Crippen molar-refractivity contribution in [1.29, 1.82) is 0 Å². The van der Waals surface area contributed by atoms with Gasteiger partial charge in [0, 0.05) is 24.2 Å². The highest BCUT2D eigenvalue weighted by Gasteiger charge is 2.38. The molecule has 3 N–H and O–H groups in total. The standard InChI is InChI=1S/C36H47N3O5/c1-8-9-13-22-39(34(42)29(23-27-19-11-10-12-20-27)37-35(43)44-36(5,6)7)31(28-21-15-18-26(4)32(28)40)33(41)38-30-24(2)16-14-17-25(30)3/h10-12,14-21,29,31,40H,8-9,13,22-23H2,1-7H3,(H,37,43)(H,38,41). The summed E-state index contributed by atoms with van der Waals surface area (Å²) in [6, 6.07) is 18.1. The van der Waals surface area contributed by atoms with Crippen molar-refractivity contribution in [2.24, 2.45) is 0 Å². The van der Waals surface area contributed by atoms with E-state index < -0.39 is 35.6 Å². The molecule has 0 aliphatic carbocycles. The number of benzene rings is 3. The molecular formula is C36H47N3O5. The number of ether oxygens (including phenoxy) is 1. The smallest absolute Gasteiger partial charge is 0.408 e. The Kier molecular flexibility index (Phi) is 12.0. The summed E-state index contributed by atoms with van der Waals surface area (Å²) in [4.78, 5) is 43.5. The number of carbonyl (C=O) groups excluding carboxylic acids is 3. The van der Waals surface area contributed by atoms with Crippen molar-refractivity contribution in [2.75, 3.05) is 11.9 Å². The molecule has 3 amide bonds. The first-order valence-corrected chi connectivity index (χ1v) is 15.3. The molecule has 0 saturated carbocycles. The maximum atomic E-state index is 14.6. The Morgan fingerprint density at radius 2 is 1.48 bits per heavy atom. The Morgan fingerprint density at radius 3 is 2.09 bits per heavy atom. The highest BCUT2D eigenvalue weighted by Crippen LogP contribution is 2.34. The summed E-state index contributed by atoms with van der Waals surface area (Å²) in [7, 11) is 0. The number of nitrogens with one attached hydrogen (secondary N) is 2. The molecule has 2 atom stereocenters. The first-order chi connectivity index (χ1) is 20.8. The number of amides is 3. The molecule has 0 saturated heterocycles. The first kappa shape index (κ1) is 34.2. The molecule has 0 radical (unpaired) electrons. The number of phenols is 1. The van der Waals surface area contributed by atoms with Crippen LogP contribution in [0.4, 0.5) is 10.5 Å². The second kappa shape index (κ2) is 15.4. The molecule has 8 nitrogen and oxygen atoms in total. The molecule has 236 valence electrons. The van der Waals surface area contributed by atoms with Gasteiger partial charge in [0.1, 0.15) is 23.4 Å². The second-order valence-corrected chi connectivity index (χ2v) is 12.3. The zero-order valence-electron chi connectivity index (χ0n) is 27.1. The van der Waals surface area contributed by atoms with Gasteiger partial charge in [-0.1, -0.05) is 86.5 Å². The Labute approximate surface area is 261 Å². The zero-order chi connectivity index (χ0) is 32.4. The van der Waals surface area contributed by atoms with Gasteiger partial charge in [0.2, 0.25) is 5.91 Å². The fraction of sp³-hybridized carbons (Fsp3) is 0.417. The Bertz CT molecular complexity index is 1410. The van der Waals surface area contributed by atoms with E-state index in [2.05, 4.69) is 17.6 Å². The summed E-state index contributed by atoms with van der Waals surface area (Å²) in [6.07, 6.45) is 1.83. The Hall–Kier alpha value is -4.33. The van der Waals surface area contributed by atoms with Crippen molar-refractivity contribution in [2.45, 2.75) is 91.8 Å². The van der Waals surface area contributed by atoms with E-state index in [1.807, 2.05) is 62.4 Å². The third-order valence-electron chi connectivity index (χ3n) is 7.41. The predicted octanol–water partition coefficient (Wildman–Crippen LogP) is 7.15. The van der Waals surface area contributed by atoms with Gasteiger partial charge >= 0.3 is 6.09 Å². The van der Waals surface area contributed by atoms with Crippen LogP contribution < -0.4 is 10.6 Å². The number of rotatable bonds is 12. The number of phenolic OH excluding ortho intramolecular Hbond substituents is 1. The van der Waals surface area contributed by atoms with Gasteiger partial charge in [0.05, 0.1) is 0 Å². The van der Waals surface area contributed by atoms with Crippen LogP contribution in [0.3, 0.4) is 0 Å². The maximum Gasteiger partial charge on any atom is 0.408 e. The lowest BCUT2D eigenvalue weighted by Crippen LogP contribution is -2.53. The molecule has 0 aliphatic heterocycles. The second-order valence-electron chi connectivity index (χ2n) is 12.3. The summed E-state index contributed by atoms with van der Waals surface area (Å²) < 4.78 is 5.53. The van der Waals surface area contributed by atoms with Gasteiger partial charge in [-0.15, -0.1) is 0 Å². The van der Waals surface area contributed by atoms with E-state index >= 15 is 0 Å². The lowest BCUT2D eigenvalue weighted by atomic mass is 9.97.